The standard InChI is InChI=1S/C16H21NO3/c1-4-20-15-6-5-12(10-16(15)19-3)9-13-11-17(2)8-7-14(13)18/h5-6,9-10H,4,7-8,11H2,1-3H3/b13-9+. The van der Waals surface area contributed by atoms with Crippen molar-refractivity contribution in [2.75, 3.05) is 33.9 Å². The largest absolute Gasteiger partial charge is 0.493 e. The molecule has 0 aromatic heterocycles. The van der Waals surface area contributed by atoms with Crippen LogP contribution in [0.25, 0.3) is 6.08 Å². The number of carbonyl (C=O) groups excluding carboxylic acids is 1. The summed E-state index contributed by atoms with van der Waals surface area (Å²) in [6.07, 6.45) is 2.53. The van der Waals surface area contributed by atoms with Gasteiger partial charge in [-0.05, 0) is 37.7 Å². The van der Waals surface area contributed by atoms with E-state index in [9.17, 15) is 4.79 Å². The molecular formula is C16H21NO3. The Balaban J connectivity index is 2.26. The van der Waals surface area contributed by atoms with Crippen LogP contribution in [0.4, 0.5) is 0 Å². The van der Waals surface area contributed by atoms with E-state index in [-0.39, 0.29) is 5.78 Å². The van der Waals surface area contributed by atoms with E-state index >= 15 is 0 Å². The Morgan fingerprint density at radius 1 is 1.35 bits per heavy atom. The number of carbonyl (C=O) groups is 1. The van der Waals surface area contributed by atoms with Gasteiger partial charge in [0.2, 0.25) is 0 Å². The van der Waals surface area contributed by atoms with Crippen LogP contribution in [0.15, 0.2) is 23.8 Å². The molecule has 1 aliphatic rings. The van der Waals surface area contributed by atoms with Crippen molar-refractivity contribution in [3.05, 3.63) is 29.3 Å². The van der Waals surface area contributed by atoms with Gasteiger partial charge in [-0.1, -0.05) is 6.07 Å². The monoisotopic (exact) mass is 275 g/mol. The number of piperidine rings is 1. The Morgan fingerprint density at radius 3 is 2.85 bits per heavy atom. The van der Waals surface area contributed by atoms with Gasteiger partial charge in [0, 0.05) is 25.1 Å². The molecular weight excluding hydrogens is 254 g/mol. The lowest BCUT2D eigenvalue weighted by atomic mass is 10.0. The maximum Gasteiger partial charge on any atom is 0.161 e. The van der Waals surface area contributed by atoms with Gasteiger partial charge in [-0.25, -0.2) is 0 Å². The molecule has 2 rings (SSSR count). The zero-order valence-electron chi connectivity index (χ0n) is 12.3. The van der Waals surface area contributed by atoms with Crippen molar-refractivity contribution in [3.63, 3.8) is 0 Å². The average molecular weight is 275 g/mol. The van der Waals surface area contributed by atoms with Gasteiger partial charge < -0.3 is 14.4 Å². The number of ether oxygens (including phenoxy) is 2. The molecule has 0 radical (unpaired) electrons. The van der Waals surface area contributed by atoms with Gasteiger partial charge in [-0.3, -0.25) is 4.79 Å². The molecule has 1 saturated heterocycles. The number of benzene rings is 1. The molecule has 0 atom stereocenters. The van der Waals surface area contributed by atoms with E-state index in [1.165, 1.54) is 0 Å². The molecule has 0 aliphatic carbocycles. The van der Waals surface area contributed by atoms with Gasteiger partial charge in [0.05, 0.1) is 13.7 Å². The van der Waals surface area contributed by atoms with Gasteiger partial charge in [0.1, 0.15) is 0 Å². The first-order valence-corrected chi connectivity index (χ1v) is 6.87. The van der Waals surface area contributed by atoms with E-state index in [0.717, 1.165) is 23.4 Å². The molecule has 1 fully saturated rings. The maximum atomic E-state index is 11.9. The van der Waals surface area contributed by atoms with Crippen molar-refractivity contribution < 1.29 is 14.3 Å². The number of likely N-dealkylation sites (N-methyl/N-ethyl adjacent to an activating group) is 1. The van der Waals surface area contributed by atoms with Crippen LogP contribution < -0.4 is 9.47 Å². The second-order valence-electron chi connectivity index (χ2n) is 4.92. The van der Waals surface area contributed by atoms with Crippen molar-refractivity contribution in [1.29, 1.82) is 0 Å². The highest BCUT2D eigenvalue weighted by Gasteiger charge is 2.18. The molecule has 0 N–H and O–H groups in total. The van der Waals surface area contributed by atoms with Gasteiger partial charge >= 0.3 is 0 Å². The second kappa shape index (κ2) is 6.57. The minimum absolute atomic E-state index is 0.232. The molecule has 108 valence electrons. The number of likely N-dealkylation sites (tertiary alicyclic amines) is 1. The molecule has 0 bridgehead atoms. The lowest BCUT2D eigenvalue weighted by Crippen LogP contribution is -2.32. The molecule has 1 aromatic rings. The third-order valence-corrected chi connectivity index (χ3v) is 3.35. The third-order valence-electron chi connectivity index (χ3n) is 3.35. The summed E-state index contributed by atoms with van der Waals surface area (Å²) in [5, 5.41) is 0. The van der Waals surface area contributed by atoms with E-state index in [2.05, 4.69) is 4.90 Å². The first-order valence-electron chi connectivity index (χ1n) is 6.87. The van der Waals surface area contributed by atoms with Crippen molar-refractivity contribution in [2.24, 2.45) is 0 Å². The van der Waals surface area contributed by atoms with E-state index in [4.69, 9.17) is 9.47 Å². The molecule has 0 unspecified atom stereocenters. The molecule has 1 aliphatic heterocycles. The lowest BCUT2D eigenvalue weighted by Gasteiger charge is -2.23. The molecule has 4 heteroatoms. The maximum absolute atomic E-state index is 11.9. The van der Waals surface area contributed by atoms with Gasteiger partial charge in [0.25, 0.3) is 0 Å². The predicted molar refractivity (Wildman–Crippen MR) is 79.3 cm³/mol. The summed E-state index contributed by atoms with van der Waals surface area (Å²) in [5.74, 6) is 1.65. The number of Topliss-reactive ketones (excluding diaryl/α,β-unsaturated/α-hetero) is 1. The van der Waals surface area contributed by atoms with Crippen LogP contribution in [-0.2, 0) is 4.79 Å². The Bertz CT molecular complexity index is 522. The van der Waals surface area contributed by atoms with Crippen molar-refractivity contribution in [2.45, 2.75) is 13.3 Å². The summed E-state index contributed by atoms with van der Waals surface area (Å²) in [4.78, 5) is 14.1. The summed E-state index contributed by atoms with van der Waals surface area (Å²) in [5.41, 5.74) is 1.81. The normalized spacial score (nSPS) is 18.4. The Hall–Kier alpha value is -1.81. The van der Waals surface area contributed by atoms with E-state index in [0.29, 0.717) is 25.3 Å². The van der Waals surface area contributed by atoms with Crippen LogP contribution in [0.2, 0.25) is 0 Å². The Kier molecular flexibility index (Phi) is 4.79. The first-order chi connectivity index (χ1) is 9.63. The van der Waals surface area contributed by atoms with Gasteiger partial charge in [-0.2, -0.15) is 0 Å². The Labute approximate surface area is 120 Å². The minimum Gasteiger partial charge on any atom is -0.493 e. The molecule has 1 heterocycles. The van der Waals surface area contributed by atoms with Crippen molar-refractivity contribution in [3.8, 4) is 11.5 Å². The highest BCUT2D eigenvalue weighted by Crippen LogP contribution is 2.29. The van der Waals surface area contributed by atoms with Crippen LogP contribution in [0.5, 0.6) is 11.5 Å². The first kappa shape index (κ1) is 14.6. The zero-order valence-corrected chi connectivity index (χ0v) is 12.3. The summed E-state index contributed by atoms with van der Waals surface area (Å²) in [7, 11) is 3.65. The fraction of sp³-hybridized carbons (Fsp3) is 0.438. The Morgan fingerprint density at radius 2 is 2.15 bits per heavy atom. The van der Waals surface area contributed by atoms with E-state index in [1.807, 2.05) is 38.2 Å². The van der Waals surface area contributed by atoms with Crippen LogP contribution in [0, 0.1) is 0 Å². The highest BCUT2D eigenvalue weighted by atomic mass is 16.5. The second-order valence-corrected chi connectivity index (χ2v) is 4.92. The van der Waals surface area contributed by atoms with Gasteiger partial charge in [0.15, 0.2) is 17.3 Å². The smallest absolute Gasteiger partial charge is 0.161 e. The summed E-state index contributed by atoms with van der Waals surface area (Å²) in [6.45, 7) is 4.07. The highest BCUT2D eigenvalue weighted by molar-refractivity contribution is 6.00. The average Bonchev–Trinajstić information content (AvgIpc) is 2.44. The molecule has 20 heavy (non-hydrogen) atoms. The summed E-state index contributed by atoms with van der Waals surface area (Å²) >= 11 is 0. The number of rotatable bonds is 4. The number of methoxy groups -OCH3 is 1. The van der Waals surface area contributed by atoms with Crippen LogP contribution in [-0.4, -0.2) is 44.5 Å². The SMILES string of the molecule is CCOc1ccc(/C=C2\CN(C)CCC2=O)cc1OC. The molecule has 0 saturated carbocycles. The van der Waals surface area contributed by atoms with Crippen LogP contribution in [0.1, 0.15) is 18.9 Å². The predicted octanol–water partition coefficient (Wildman–Crippen LogP) is 2.38. The topological polar surface area (TPSA) is 38.8 Å². The third kappa shape index (κ3) is 3.39. The molecule has 0 amide bonds. The molecule has 0 spiro atoms. The zero-order chi connectivity index (χ0) is 14.5. The van der Waals surface area contributed by atoms with Crippen molar-refractivity contribution >= 4 is 11.9 Å². The molecule has 1 aromatic carbocycles. The molecule has 4 nitrogen and oxygen atoms in total. The van der Waals surface area contributed by atoms with Crippen molar-refractivity contribution in [1.82, 2.24) is 4.90 Å². The summed E-state index contributed by atoms with van der Waals surface area (Å²) in [6, 6.07) is 5.73. The number of ketones is 1. The fourth-order valence-electron chi connectivity index (χ4n) is 2.29. The number of hydrogen-bond donors (Lipinski definition) is 0. The quantitative estimate of drug-likeness (QED) is 0.791. The van der Waals surface area contributed by atoms with Crippen LogP contribution >= 0.6 is 0 Å². The number of nitrogens with zero attached hydrogens (tertiary/aromatic N) is 1. The van der Waals surface area contributed by atoms with E-state index < -0.39 is 0 Å². The van der Waals surface area contributed by atoms with E-state index in [1.54, 1.807) is 7.11 Å². The lowest BCUT2D eigenvalue weighted by molar-refractivity contribution is -0.117. The summed E-state index contributed by atoms with van der Waals surface area (Å²) < 4.78 is 10.8. The fourth-order valence-corrected chi connectivity index (χ4v) is 2.29. The van der Waals surface area contributed by atoms with Gasteiger partial charge in [-0.15, -0.1) is 0 Å². The minimum atomic E-state index is 0.232. The van der Waals surface area contributed by atoms with Crippen LogP contribution in [0.3, 0.4) is 0 Å². The number of hydrogen-bond acceptors (Lipinski definition) is 4.